The van der Waals surface area contributed by atoms with E-state index in [1.807, 2.05) is 66.7 Å². The topological polar surface area (TPSA) is 72.2 Å². The molecule has 0 fully saturated rings. The molecule has 0 aliphatic heterocycles. The maximum atomic E-state index is 13.1. The van der Waals surface area contributed by atoms with Crippen LogP contribution < -0.4 is 5.32 Å². The minimum Gasteiger partial charge on any atom is -0.289 e. The first kappa shape index (κ1) is 18.6. The summed E-state index contributed by atoms with van der Waals surface area (Å²) in [6, 6.07) is 26.8. The number of nitrogens with zero attached hydrogens (tertiary/aromatic N) is 4. The number of hydrogen-bond acceptors (Lipinski definition) is 4. The third-order valence-corrected chi connectivity index (χ3v) is 4.78. The van der Waals surface area contributed by atoms with Gasteiger partial charge in [-0.3, -0.25) is 10.1 Å². The monoisotopic (exact) mass is 409 g/mol. The maximum Gasteiger partial charge on any atom is 0.258 e. The number of benzene rings is 3. The normalized spacial score (nSPS) is 10.9. The number of carbonyl (C=O) groups is 1. The number of carbonyl (C=O) groups excluding carboxylic acids is 1. The molecule has 150 valence electrons. The fourth-order valence-electron chi connectivity index (χ4n) is 3.27. The largest absolute Gasteiger partial charge is 0.289 e. The van der Waals surface area contributed by atoms with Crippen LogP contribution in [0.25, 0.3) is 28.3 Å². The molecule has 31 heavy (non-hydrogen) atoms. The van der Waals surface area contributed by atoms with E-state index in [-0.39, 0.29) is 5.95 Å². The van der Waals surface area contributed by atoms with Gasteiger partial charge in [0.05, 0.1) is 11.4 Å². The number of anilines is 1. The Morgan fingerprint density at radius 3 is 2.13 bits per heavy atom. The minimum atomic E-state index is -0.430. The summed E-state index contributed by atoms with van der Waals surface area (Å²) >= 11 is 0. The molecule has 0 saturated carbocycles. The Morgan fingerprint density at radius 2 is 1.45 bits per heavy atom. The van der Waals surface area contributed by atoms with Gasteiger partial charge in [-0.25, -0.2) is 9.37 Å². The fraction of sp³-hybridized carbons (Fsp3) is 0. The lowest BCUT2D eigenvalue weighted by molar-refractivity contribution is 0.102. The Morgan fingerprint density at radius 1 is 0.806 bits per heavy atom. The van der Waals surface area contributed by atoms with E-state index >= 15 is 0 Å². The van der Waals surface area contributed by atoms with Crippen molar-refractivity contribution in [1.82, 2.24) is 19.6 Å². The second-order valence-corrected chi connectivity index (χ2v) is 6.87. The highest BCUT2D eigenvalue weighted by Gasteiger charge is 2.16. The van der Waals surface area contributed by atoms with Crippen molar-refractivity contribution in [3.63, 3.8) is 0 Å². The molecule has 0 unspecified atom stereocenters. The zero-order valence-electron chi connectivity index (χ0n) is 16.2. The molecule has 0 saturated heterocycles. The van der Waals surface area contributed by atoms with Crippen LogP contribution in [0, 0.1) is 5.82 Å². The van der Waals surface area contributed by atoms with Gasteiger partial charge < -0.3 is 0 Å². The first-order chi connectivity index (χ1) is 15.2. The standard InChI is InChI=1S/C24H16FN5O/c25-19-13-11-18(12-14-19)22(31)27-23-28-24-26-20(16-7-3-1-4-8-16)15-21(30(24)29-23)17-9-5-2-6-10-17/h1-15H,(H,27,29,31). The Bertz CT molecular complexity index is 1370. The molecule has 1 amide bonds. The first-order valence-electron chi connectivity index (χ1n) is 9.63. The highest BCUT2D eigenvalue weighted by atomic mass is 19.1. The average molecular weight is 409 g/mol. The second-order valence-electron chi connectivity index (χ2n) is 6.87. The number of nitrogens with one attached hydrogen (secondary N) is 1. The lowest BCUT2D eigenvalue weighted by atomic mass is 10.1. The van der Waals surface area contributed by atoms with Crippen LogP contribution in [-0.4, -0.2) is 25.5 Å². The summed E-state index contributed by atoms with van der Waals surface area (Å²) in [5.74, 6) is -0.369. The van der Waals surface area contributed by atoms with Crippen LogP contribution in [0.1, 0.15) is 10.4 Å². The maximum absolute atomic E-state index is 13.1. The molecule has 7 heteroatoms. The van der Waals surface area contributed by atoms with E-state index in [2.05, 4.69) is 20.4 Å². The highest BCUT2D eigenvalue weighted by Crippen LogP contribution is 2.26. The summed E-state index contributed by atoms with van der Waals surface area (Å²) in [6.07, 6.45) is 0. The van der Waals surface area contributed by atoms with Crippen molar-refractivity contribution in [3.8, 4) is 22.5 Å². The summed E-state index contributed by atoms with van der Waals surface area (Å²) < 4.78 is 14.7. The molecule has 0 atom stereocenters. The quantitative estimate of drug-likeness (QED) is 0.461. The lowest BCUT2D eigenvalue weighted by Crippen LogP contribution is -2.13. The van der Waals surface area contributed by atoms with Crippen LogP contribution in [0.4, 0.5) is 10.3 Å². The van der Waals surface area contributed by atoms with Crippen molar-refractivity contribution in [2.75, 3.05) is 5.32 Å². The molecule has 6 nitrogen and oxygen atoms in total. The molecule has 1 N–H and O–H groups in total. The molecule has 5 aromatic rings. The predicted molar refractivity (Wildman–Crippen MR) is 116 cm³/mol. The lowest BCUT2D eigenvalue weighted by Gasteiger charge is -2.07. The van der Waals surface area contributed by atoms with Crippen LogP contribution in [-0.2, 0) is 0 Å². The predicted octanol–water partition coefficient (Wildman–Crippen LogP) is 4.85. The summed E-state index contributed by atoms with van der Waals surface area (Å²) in [4.78, 5) is 21.5. The molecule has 0 spiro atoms. The van der Waals surface area contributed by atoms with E-state index in [0.717, 1.165) is 22.5 Å². The highest BCUT2D eigenvalue weighted by molar-refractivity contribution is 6.03. The van der Waals surface area contributed by atoms with E-state index < -0.39 is 11.7 Å². The number of fused-ring (bicyclic) bond motifs is 1. The number of aromatic nitrogens is 4. The van der Waals surface area contributed by atoms with E-state index in [9.17, 15) is 9.18 Å². The van der Waals surface area contributed by atoms with E-state index in [0.29, 0.717) is 11.3 Å². The van der Waals surface area contributed by atoms with Gasteiger partial charge in [-0.2, -0.15) is 9.50 Å². The molecular weight excluding hydrogens is 393 g/mol. The minimum absolute atomic E-state index is 0.115. The molecular formula is C24H16FN5O. The van der Waals surface area contributed by atoms with Crippen molar-refractivity contribution < 1.29 is 9.18 Å². The van der Waals surface area contributed by atoms with E-state index in [1.54, 1.807) is 4.52 Å². The zero-order chi connectivity index (χ0) is 21.2. The molecule has 5 rings (SSSR count). The van der Waals surface area contributed by atoms with Gasteiger partial charge in [-0.15, -0.1) is 5.10 Å². The molecule has 2 aromatic heterocycles. The smallest absolute Gasteiger partial charge is 0.258 e. The summed E-state index contributed by atoms with van der Waals surface area (Å²) in [5, 5.41) is 7.10. The summed E-state index contributed by atoms with van der Waals surface area (Å²) in [5.41, 5.74) is 3.73. The van der Waals surface area contributed by atoms with Crippen LogP contribution in [0.5, 0.6) is 0 Å². The molecule has 0 aliphatic rings. The number of rotatable bonds is 4. The van der Waals surface area contributed by atoms with Gasteiger partial charge in [0.15, 0.2) is 0 Å². The van der Waals surface area contributed by atoms with Gasteiger partial charge >= 0.3 is 0 Å². The van der Waals surface area contributed by atoms with Crippen LogP contribution >= 0.6 is 0 Å². The van der Waals surface area contributed by atoms with Gasteiger partial charge in [-0.1, -0.05) is 60.7 Å². The van der Waals surface area contributed by atoms with Crippen LogP contribution in [0.15, 0.2) is 91.0 Å². The molecule has 3 aromatic carbocycles. The molecule has 0 radical (unpaired) electrons. The SMILES string of the molecule is O=C(Nc1nc2nc(-c3ccccc3)cc(-c3ccccc3)n2n1)c1ccc(F)cc1. The second kappa shape index (κ2) is 7.79. The Labute approximate surface area is 177 Å². The Hall–Kier alpha value is -4.39. The van der Waals surface area contributed by atoms with Crippen LogP contribution in [0.3, 0.4) is 0 Å². The summed E-state index contributed by atoms with van der Waals surface area (Å²) in [7, 11) is 0. The third-order valence-electron chi connectivity index (χ3n) is 4.78. The Kier molecular flexibility index (Phi) is 4.68. The van der Waals surface area contributed by atoms with Gasteiger partial charge in [0.25, 0.3) is 17.6 Å². The van der Waals surface area contributed by atoms with Crippen molar-refractivity contribution >= 4 is 17.6 Å². The number of amides is 1. The zero-order valence-corrected chi connectivity index (χ0v) is 16.2. The Balaban J connectivity index is 1.59. The number of hydrogen-bond donors (Lipinski definition) is 1. The molecule has 0 bridgehead atoms. The van der Waals surface area contributed by atoms with E-state index in [4.69, 9.17) is 0 Å². The average Bonchev–Trinajstić information content (AvgIpc) is 3.22. The van der Waals surface area contributed by atoms with Gasteiger partial charge in [-0.05, 0) is 30.3 Å². The summed E-state index contributed by atoms with van der Waals surface area (Å²) in [6.45, 7) is 0. The number of halogens is 1. The van der Waals surface area contributed by atoms with Gasteiger partial charge in [0.1, 0.15) is 5.82 Å². The third kappa shape index (κ3) is 3.76. The van der Waals surface area contributed by atoms with Gasteiger partial charge in [0, 0.05) is 16.7 Å². The van der Waals surface area contributed by atoms with Crippen molar-refractivity contribution in [3.05, 3.63) is 102 Å². The van der Waals surface area contributed by atoms with Crippen molar-refractivity contribution in [2.24, 2.45) is 0 Å². The molecule has 0 aliphatic carbocycles. The first-order valence-corrected chi connectivity index (χ1v) is 9.63. The van der Waals surface area contributed by atoms with Crippen molar-refractivity contribution in [2.45, 2.75) is 0 Å². The molecule has 2 heterocycles. The van der Waals surface area contributed by atoms with Gasteiger partial charge in [0.2, 0.25) is 0 Å². The van der Waals surface area contributed by atoms with E-state index in [1.165, 1.54) is 24.3 Å². The van der Waals surface area contributed by atoms with Crippen LogP contribution in [0.2, 0.25) is 0 Å². The van der Waals surface area contributed by atoms with Crippen molar-refractivity contribution in [1.29, 1.82) is 0 Å². The fourth-order valence-corrected chi connectivity index (χ4v) is 3.27.